The highest BCUT2D eigenvalue weighted by Crippen LogP contribution is 2.52. The summed E-state index contributed by atoms with van der Waals surface area (Å²) in [4.78, 5) is 36.2. The molecular weight excluding hydrogens is 396 g/mol. The zero-order valence-corrected chi connectivity index (χ0v) is 19.9. The van der Waals surface area contributed by atoms with E-state index >= 15 is 0 Å². The molecule has 0 saturated carbocycles. The molecule has 0 saturated heterocycles. The van der Waals surface area contributed by atoms with Crippen LogP contribution in [0.15, 0.2) is 12.1 Å². The van der Waals surface area contributed by atoms with Gasteiger partial charge < -0.3 is 15.3 Å². The van der Waals surface area contributed by atoms with Crippen molar-refractivity contribution in [2.45, 2.75) is 79.6 Å². The molecule has 0 bridgehead atoms. The number of carboxylic acid groups (broad SMARTS) is 3. The minimum absolute atomic E-state index is 0.0367. The van der Waals surface area contributed by atoms with Crippen molar-refractivity contribution in [1.82, 2.24) is 0 Å². The lowest BCUT2D eigenvalue weighted by molar-refractivity contribution is 0.0610. The molecule has 0 radical (unpaired) electrons. The summed E-state index contributed by atoms with van der Waals surface area (Å²) >= 11 is 0. The molecule has 1 atom stereocenters. The minimum Gasteiger partial charge on any atom is -0.478 e. The number of carboxylic acids is 3. The highest BCUT2D eigenvalue weighted by Gasteiger charge is 2.49. The molecule has 6 nitrogen and oxygen atoms in total. The Morgan fingerprint density at radius 3 is 1.74 bits per heavy atom. The van der Waals surface area contributed by atoms with Crippen LogP contribution in [0.1, 0.15) is 111 Å². The SMILES string of the molecule is CCCCCC(C(C)C)C(c1cc(C(=O)O)cc(C(=O)O)c1C(=O)O)(C(C)C)C(C)C. The van der Waals surface area contributed by atoms with Gasteiger partial charge >= 0.3 is 17.9 Å². The van der Waals surface area contributed by atoms with Crippen LogP contribution in [0, 0.1) is 23.7 Å². The van der Waals surface area contributed by atoms with E-state index in [1.165, 1.54) is 6.07 Å². The van der Waals surface area contributed by atoms with E-state index in [1.54, 1.807) is 0 Å². The first-order valence-corrected chi connectivity index (χ1v) is 11.2. The lowest BCUT2D eigenvalue weighted by Gasteiger charge is -2.51. The topological polar surface area (TPSA) is 112 Å². The van der Waals surface area contributed by atoms with Gasteiger partial charge in [-0.2, -0.15) is 0 Å². The van der Waals surface area contributed by atoms with Gasteiger partial charge in [0.2, 0.25) is 0 Å². The summed E-state index contributed by atoms with van der Waals surface area (Å²) in [7, 11) is 0. The number of benzene rings is 1. The number of hydrogen-bond donors (Lipinski definition) is 3. The quantitative estimate of drug-likeness (QED) is 0.338. The van der Waals surface area contributed by atoms with Gasteiger partial charge in [-0.1, -0.05) is 67.7 Å². The summed E-state index contributed by atoms with van der Waals surface area (Å²) in [6, 6.07) is 2.37. The van der Waals surface area contributed by atoms with Crippen molar-refractivity contribution >= 4 is 17.9 Å². The first kappa shape index (κ1) is 26.7. The molecule has 1 rings (SSSR count). The number of unbranched alkanes of at least 4 members (excludes halogenated alkanes) is 2. The Balaban J connectivity index is 4.14. The standard InChI is InChI=1S/C25H38O6/c1-8-9-10-11-19(14(2)3)25(15(4)5,16(6)7)20-13-17(22(26)27)12-18(23(28)29)21(20)24(30)31/h12-16,19H,8-11H2,1-7H3,(H,26,27)(H,28,29)(H,30,31). The van der Waals surface area contributed by atoms with Crippen LogP contribution in [-0.2, 0) is 5.41 Å². The van der Waals surface area contributed by atoms with Crippen LogP contribution in [0.25, 0.3) is 0 Å². The molecule has 3 N–H and O–H groups in total. The maximum atomic E-state index is 12.4. The first-order valence-electron chi connectivity index (χ1n) is 11.2. The molecule has 31 heavy (non-hydrogen) atoms. The smallest absolute Gasteiger partial charge is 0.336 e. The van der Waals surface area contributed by atoms with Crippen LogP contribution in [0.4, 0.5) is 0 Å². The Morgan fingerprint density at radius 1 is 0.839 bits per heavy atom. The molecule has 0 amide bonds. The van der Waals surface area contributed by atoms with Gasteiger partial charge in [-0.15, -0.1) is 0 Å². The molecule has 174 valence electrons. The van der Waals surface area contributed by atoms with E-state index in [2.05, 4.69) is 20.8 Å². The van der Waals surface area contributed by atoms with Gasteiger partial charge in [0, 0.05) is 5.41 Å². The number of rotatable bonds is 12. The van der Waals surface area contributed by atoms with Crippen LogP contribution in [0.5, 0.6) is 0 Å². The maximum absolute atomic E-state index is 12.4. The van der Waals surface area contributed by atoms with Crippen molar-refractivity contribution in [3.05, 3.63) is 34.4 Å². The second-order valence-electron chi connectivity index (χ2n) is 9.45. The Bertz CT molecular complexity index is 798. The van der Waals surface area contributed by atoms with Gasteiger partial charge in [0.15, 0.2) is 0 Å². The van der Waals surface area contributed by atoms with Crippen molar-refractivity contribution in [3.63, 3.8) is 0 Å². The zero-order chi connectivity index (χ0) is 24.1. The third-order valence-corrected chi connectivity index (χ3v) is 6.74. The van der Waals surface area contributed by atoms with Gasteiger partial charge in [-0.05, 0) is 47.8 Å². The van der Waals surface area contributed by atoms with Gasteiger partial charge in [-0.3, -0.25) is 0 Å². The van der Waals surface area contributed by atoms with Crippen molar-refractivity contribution in [3.8, 4) is 0 Å². The predicted molar refractivity (Wildman–Crippen MR) is 121 cm³/mol. The molecule has 0 heterocycles. The summed E-state index contributed by atoms with van der Waals surface area (Å²) in [6.07, 6.45) is 3.95. The number of aromatic carboxylic acids is 3. The molecule has 1 aromatic carbocycles. The summed E-state index contributed by atoms with van der Waals surface area (Å²) in [5, 5.41) is 29.5. The lowest BCUT2D eigenvalue weighted by atomic mass is 9.53. The zero-order valence-electron chi connectivity index (χ0n) is 19.9. The highest BCUT2D eigenvalue weighted by molar-refractivity contribution is 6.05. The molecule has 1 aromatic rings. The maximum Gasteiger partial charge on any atom is 0.336 e. The second-order valence-corrected chi connectivity index (χ2v) is 9.45. The highest BCUT2D eigenvalue weighted by atomic mass is 16.4. The van der Waals surface area contributed by atoms with Crippen LogP contribution < -0.4 is 0 Å². The minimum atomic E-state index is -1.43. The molecular formula is C25H38O6. The fraction of sp³-hybridized carbons (Fsp3) is 0.640. The number of carbonyl (C=O) groups is 3. The predicted octanol–water partition coefficient (Wildman–Crippen LogP) is 6.18. The molecule has 0 aliphatic carbocycles. The van der Waals surface area contributed by atoms with Crippen molar-refractivity contribution in [1.29, 1.82) is 0 Å². The third-order valence-electron chi connectivity index (χ3n) is 6.74. The van der Waals surface area contributed by atoms with E-state index in [4.69, 9.17) is 0 Å². The molecule has 1 unspecified atom stereocenters. The van der Waals surface area contributed by atoms with Crippen LogP contribution in [-0.4, -0.2) is 33.2 Å². The molecule has 0 aliphatic rings. The normalized spacial score (nSPS) is 13.1. The van der Waals surface area contributed by atoms with Gasteiger partial charge in [0.1, 0.15) is 0 Å². The fourth-order valence-electron chi connectivity index (χ4n) is 5.59. The molecule has 6 heteroatoms. The second kappa shape index (κ2) is 10.8. The van der Waals surface area contributed by atoms with E-state index in [9.17, 15) is 29.7 Å². The van der Waals surface area contributed by atoms with E-state index in [0.29, 0.717) is 5.56 Å². The summed E-state index contributed by atoms with van der Waals surface area (Å²) in [5.41, 5.74) is -1.33. The lowest BCUT2D eigenvalue weighted by Crippen LogP contribution is -2.48. The van der Waals surface area contributed by atoms with Crippen molar-refractivity contribution in [2.24, 2.45) is 23.7 Å². The summed E-state index contributed by atoms with van der Waals surface area (Å²) in [6.45, 7) is 14.4. The first-order chi connectivity index (χ1) is 14.3. The Morgan fingerprint density at radius 2 is 1.39 bits per heavy atom. The Kier molecular flexibility index (Phi) is 9.27. The summed E-state index contributed by atoms with van der Waals surface area (Å²) in [5.74, 6) is -3.86. The third kappa shape index (κ3) is 5.28. The monoisotopic (exact) mass is 434 g/mol. The average Bonchev–Trinajstić information content (AvgIpc) is 2.65. The molecule has 0 aromatic heterocycles. The molecule has 0 spiro atoms. The van der Waals surface area contributed by atoms with Gasteiger partial charge in [0.25, 0.3) is 0 Å². The Hall–Kier alpha value is -2.37. The van der Waals surface area contributed by atoms with Gasteiger partial charge in [0.05, 0.1) is 16.7 Å². The van der Waals surface area contributed by atoms with Crippen molar-refractivity contribution in [2.75, 3.05) is 0 Å². The van der Waals surface area contributed by atoms with Crippen LogP contribution in [0.2, 0.25) is 0 Å². The summed E-state index contributed by atoms with van der Waals surface area (Å²) < 4.78 is 0. The van der Waals surface area contributed by atoms with E-state index in [-0.39, 0.29) is 34.8 Å². The van der Waals surface area contributed by atoms with Crippen LogP contribution in [0.3, 0.4) is 0 Å². The average molecular weight is 435 g/mol. The number of hydrogen-bond acceptors (Lipinski definition) is 3. The molecule has 0 fully saturated rings. The fourth-order valence-corrected chi connectivity index (χ4v) is 5.59. The Labute approximate surface area is 185 Å². The van der Waals surface area contributed by atoms with Crippen LogP contribution >= 0.6 is 0 Å². The van der Waals surface area contributed by atoms with E-state index in [1.807, 2.05) is 27.7 Å². The van der Waals surface area contributed by atoms with E-state index < -0.39 is 28.9 Å². The largest absolute Gasteiger partial charge is 0.478 e. The molecule has 0 aliphatic heterocycles. The van der Waals surface area contributed by atoms with Gasteiger partial charge in [-0.25, -0.2) is 14.4 Å². The van der Waals surface area contributed by atoms with Crippen molar-refractivity contribution < 1.29 is 29.7 Å². The van der Waals surface area contributed by atoms with E-state index in [0.717, 1.165) is 31.7 Å².